The molecule has 2 aromatic carbocycles. The van der Waals surface area contributed by atoms with Crippen LogP contribution in [0.4, 0.5) is 0 Å². The molecule has 13 nitrogen and oxygen atoms in total. The van der Waals surface area contributed by atoms with E-state index in [-0.39, 0.29) is 57.1 Å². The number of ether oxygens (including phenoxy) is 4. The normalized spacial score (nSPS) is 10.4. The van der Waals surface area contributed by atoms with E-state index in [0.29, 0.717) is 39.3 Å². The van der Waals surface area contributed by atoms with Crippen molar-refractivity contribution >= 4 is 23.6 Å². The Kier molecular flexibility index (Phi) is 14.6. The number of hydrogen-bond acceptors (Lipinski definition) is 9. The molecule has 0 spiro atoms. The molecule has 2 rings (SSSR count). The molecule has 0 fully saturated rings. The first-order valence-corrected chi connectivity index (χ1v) is 14.1. The summed E-state index contributed by atoms with van der Waals surface area (Å²) in [6.45, 7) is 6.37. The molecule has 236 valence electrons. The highest BCUT2D eigenvalue weighted by atomic mass is 16.5. The highest BCUT2D eigenvalue weighted by molar-refractivity contribution is 6.04. The Hall–Kier alpha value is -4.52. The van der Waals surface area contributed by atoms with Gasteiger partial charge in [-0.25, -0.2) is 0 Å². The van der Waals surface area contributed by atoms with E-state index >= 15 is 0 Å². The molecule has 0 aliphatic heterocycles. The van der Waals surface area contributed by atoms with Crippen molar-refractivity contribution in [3.8, 4) is 23.0 Å². The van der Waals surface area contributed by atoms with Crippen LogP contribution in [-0.4, -0.2) is 91.3 Å². The van der Waals surface area contributed by atoms with Gasteiger partial charge in [-0.3, -0.25) is 19.2 Å². The molecule has 13 heteroatoms. The van der Waals surface area contributed by atoms with Crippen molar-refractivity contribution in [1.82, 2.24) is 26.6 Å². The van der Waals surface area contributed by atoms with Gasteiger partial charge in [0.05, 0.1) is 50.7 Å². The second-order valence-corrected chi connectivity index (χ2v) is 9.23. The first-order chi connectivity index (χ1) is 20.8. The van der Waals surface area contributed by atoms with Gasteiger partial charge < -0.3 is 45.5 Å². The van der Waals surface area contributed by atoms with Gasteiger partial charge in [-0.2, -0.15) is 0 Å². The molecule has 0 atom stereocenters. The van der Waals surface area contributed by atoms with E-state index in [1.54, 1.807) is 0 Å². The number of carbonyl (C=O) groups excluding carboxylic acids is 4. The Labute approximate surface area is 252 Å². The summed E-state index contributed by atoms with van der Waals surface area (Å²) in [5.74, 6) is -0.711. The lowest BCUT2D eigenvalue weighted by Gasteiger charge is -2.16. The summed E-state index contributed by atoms with van der Waals surface area (Å²) < 4.78 is 21.6. The summed E-state index contributed by atoms with van der Waals surface area (Å²) in [5, 5.41) is 14.3. The summed E-state index contributed by atoms with van der Waals surface area (Å²) >= 11 is 0. The Morgan fingerprint density at radius 3 is 0.953 bits per heavy atom. The Morgan fingerprint density at radius 1 is 0.465 bits per heavy atom. The van der Waals surface area contributed by atoms with Crippen LogP contribution in [0.15, 0.2) is 24.3 Å². The largest absolute Gasteiger partial charge is 0.492 e. The minimum atomic E-state index is -0.390. The number of carbonyl (C=O) groups is 4. The van der Waals surface area contributed by atoms with Gasteiger partial charge in [0.15, 0.2) is 23.0 Å². The van der Waals surface area contributed by atoms with Gasteiger partial charge >= 0.3 is 0 Å². The number of nitrogens with one attached hydrogen (secondary N) is 5. The Morgan fingerprint density at radius 2 is 0.721 bits per heavy atom. The molecular formula is C30H43N5O8. The first-order valence-electron chi connectivity index (χ1n) is 14.1. The highest BCUT2D eigenvalue weighted by Crippen LogP contribution is 2.36. The van der Waals surface area contributed by atoms with E-state index in [4.69, 9.17) is 18.9 Å². The number of benzene rings is 2. The Balaban J connectivity index is 1.89. The van der Waals surface area contributed by atoms with Crippen LogP contribution in [0.2, 0.25) is 0 Å². The van der Waals surface area contributed by atoms with Crippen molar-refractivity contribution in [1.29, 1.82) is 0 Å². The minimum Gasteiger partial charge on any atom is -0.492 e. The SMILES string of the molecule is CCCNC(=O)c1ccc(C(=O)NCCNCCNC(=O)c2ccc(C(=O)NCCC)c(OC)c2OC)c(OC)c1OC. The molecule has 0 unspecified atom stereocenters. The molecule has 2 aromatic rings. The second kappa shape index (κ2) is 18.1. The van der Waals surface area contributed by atoms with E-state index in [1.807, 2.05) is 13.8 Å². The van der Waals surface area contributed by atoms with Gasteiger partial charge in [-0.1, -0.05) is 13.8 Å². The van der Waals surface area contributed by atoms with Gasteiger partial charge in [0.2, 0.25) is 0 Å². The molecule has 4 amide bonds. The van der Waals surface area contributed by atoms with Gasteiger partial charge in [0.1, 0.15) is 0 Å². The molecular weight excluding hydrogens is 558 g/mol. The fraction of sp³-hybridized carbons (Fsp3) is 0.467. The van der Waals surface area contributed by atoms with Crippen LogP contribution >= 0.6 is 0 Å². The van der Waals surface area contributed by atoms with E-state index in [2.05, 4.69) is 26.6 Å². The molecule has 0 aliphatic carbocycles. The standard InChI is InChI=1S/C30H43N5O8/c1-7-13-32-27(36)19-9-11-21(25(42-5)23(19)40-3)29(38)34-17-15-31-16-18-35-30(39)22-12-10-20(28(37)33-14-8-2)24(41-4)26(22)43-6/h9-12,31H,7-8,13-18H2,1-6H3,(H,32,36)(H,33,37)(H,34,38)(H,35,39). The summed E-state index contributed by atoms with van der Waals surface area (Å²) in [5.41, 5.74) is 1.02. The number of amides is 4. The lowest BCUT2D eigenvalue weighted by atomic mass is 10.1. The van der Waals surface area contributed by atoms with Crippen molar-refractivity contribution < 1.29 is 38.1 Å². The fourth-order valence-corrected chi connectivity index (χ4v) is 4.16. The van der Waals surface area contributed by atoms with E-state index in [1.165, 1.54) is 52.7 Å². The van der Waals surface area contributed by atoms with Gasteiger partial charge in [0, 0.05) is 39.3 Å². The average Bonchev–Trinajstić information content (AvgIpc) is 3.03. The molecule has 0 radical (unpaired) electrons. The number of hydrogen-bond donors (Lipinski definition) is 5. The van der Waals surface area contributed by atoms with Crippen LogP contribution in [0.1, 0.15) is 68.1 Å². The molecule has 0 aliphatic rings. The predicted molar refractivity (Wildman–Crippen MR) is 162 cm³/mol. The van der Waals surface area contributed by atoms with E-state index in [9.17, 15) is 19.2 Å². The molecule has 0 bridgehead atoms. The van der Waals surface area contributed by atoms with E-state index in [0.717, 1.165) is 12.8 Å². The third kappa shape index (κ3) is 9.23. The van der Waals surface area contributed by atoms with Crippen molar-refractivity contribution in [3.63, 3.8) is 0 Å². The van der Waals surface area contributed by atoms with Crippen LogP contribution in [0, 0.1) is 0 Å². The van der Waals surface area contributed by atoms with Crippen molar-refractivity contribution in [2.24, 2.45) is 0 Å². The van der Waals surface area contributed by atoms with E-state index < -0.39 is 11.8 Å². The number of rotatable bonds is 18. The maximum atomic E-state index is 12.8. The molecule has 0 heterocycles. The maximum absolute atomic E-state index is 12.8. The lowest BCUT2D eigenvalue weighted by Crippen LogP contribution is -2.36. The lowest BCUT2D eigenvalue weighted by molar-refractivity contribution is 0.0934. The molecule has 0 aromatic heterocycles. The van der Waals surface area contributed by atoms with Gasteiger partial charge in [-0.15, -0.1) is 0 Å². The van der Waals surface area contributed by atoms with Crippen LogP contribution < -0.4 is 45.5 Å². The third-order valence-electron chi connectivity index (χ3n) is 6.27. The average molecular weight is 602 g/mol. The van der Waals surface area contributed by atoms with Gasteiger partial charge in [-0.05, 0) is 37.1 Å². The maximum Gasteiger partial charge on any atom is 0.255 e. The molecule has 0 saturated carbocycles. The van der Waals surface area contributed by atoms with Crippen LogP contribution in [0.25, 0.3) is 0 Å². The summed E-state index contributed by atoms with van der Waals surface area (Å²) in [6, 6.07) is 6.10. The molecule has 0 saturated heterocycles. The smallest absolute Gasteiger partial charge is 0.255 e. The van der Waals surface area contributed by atoms with Crippen molar-refractivity contribution in [2.45, 2.75) is 26.7 Å². The summed E-state index contributed by atoms with van der Waals surface area (Å²) in [4.78, 5) is 50.6. The quantitative estimate of drug-likeness (QED) is 0.160. The number of methoxy groups -OCH3 is 4. The predicted octanol–water partition coefficient (Wildman–Crippen LogP) is 1.75. The highest BCUT2D eigenvalue weighted by Gasteiger charge is 2.24. The fourth-order valence-electron chi connectivity index (χ4n) is 4.16. The monoisotopic (exact) mass is 601 g/mol. The topological polar surface area (TPSA) is 165 Å². The van der Waals surface area contributed by atoms with Gasteiger partial charge in [0.25, 0.3) is 23.6 Å². The van der Waals surface area contributed by atoms with Crippen LogP contribution in [0.5, 0.6) is 23.0 Å². The van der Waals surface area contributed by atoms with Crippen LogP contribution in [0.3, 0.4) is 0 Å². The third-order valence-corrected chi connectivity index (χ3v) is 6.27. The zero-order valence-corrected chi connectivity index (χ0v) is 25.7. The Bertz CT molecular complexity index is 1170. The second-order valence-electron chi connectivity index (χ2n) is 9.23. The zero-order valence-electron chi connectivity index (χ0n) is 25.7. The van der Waals surface area contributed by atoms with Crippen LogP contribution in [-0.2, 0) is 0 Å². The molecule has 43 heavy (non-hydrogen) atoms. The zero-order chi connectivity index (χ0) is 31.8. The summed E-state index contributed by atoms with van der Waals surface area (Å²) in [7, 11) is 5.63. The summed E-state index contributed by atoms with van der Waals surface area (Å²) in [6.07, 6.45) is 1.56. The minimum absolute atomic E-state index is 0.168. The molecule has 5 N–H and O–H groups in total. The van der Waals surface area contributed by atoms with Crippen molar-refractivity contribution in [2.75, 3.05) is 67.7 Å². The first kappa shape index (κ1) is 34.7. The van der Waals surface area contributed by atoms with Crippen molar-refractivity contribution in [3.05, 3.63) is 46.5 Å².